The second-order valence-corrected chi connectivity index (χ2v) is 5.66. The zero-order valence-corrected chi connectivity index (χ0v) is 11.9. The molecule has 0 unspecified atom stereocenters. The number of amides is 1. The molecule has 0 aliphatic carbocycles. The number of ether oxygens (including phenoxy) is 2. The highest BCUT2D eigenvalue weighted by atomic mass is 79.9. The minimum Gasteiger partial charge on any atom is -0.336 e. The third-order valence-electron chi connectivity index (χ3n) is 3.28. The lowest BCUT2D eigenvalue weighted by Gasteiger charge is -2.24. The van der Waals surface area contributed by atoms with E-state index in [1.54, 1.807) is 4.90 Å². The largest absolute Gasteiger partial charge is 0.336 e. The van der Waals surface area contributed by atoms with Gasteiger partial charge in [-0.2, -0.15) is 0 Å². The van der Waals surface area contributed by atoms with E-state index in [4.69, 9.17) is 9.47 Å². The van der Waals surface area contributed by atoms with E-state index >= 15 is 0 Å². The zero-order chi connectivity index (χ0) is 12.9. The maximum absolute atomic E-state index is 12.6. The molecule has 1 fully saturated rings. The molecule has 18 heavy (non-hydrogen) atoms. The molecule has 1 amide bonds. The zero-order valence-electron chi connectivity index (χ0n) is 10.3. The normalized spacial score (nSPS) is 21.1. The van der Waals surface area contributed by atoms with E-state index in [2.05, 4.69) is 15.9 Å². The Morgan fingerprint density at radius 3 is 2.61 bits per heavy atom. The Morgan fingerprint density at radius 2 is 2.00 bits per heavy atom. The standard InChI is InChI=1S/C13H14BrNO3/c1-8(2)15-11-4-3-9(14)7-10(11)13(12(15)16)17-5-6-18-13/h3-4,7-8H,5-6H2,1-2H3. The van der Waals surface area contributed by atoms with Crippen molar-refractivity contribution in [1.82, 2.24) is 0 Å². The fourth-order valence-corrected chi connectivity index (χ4v) is 2.93. The molecule has 0 atom stereocenters. The highest BCUT2D eigenvalue weighted by Crippen LogP contribution is 2.47. The van der Waals surface area contributed by atoms with Crippen LogP contribution in [-0.2, 0) is 20.1 Å². The van der Waals surface area contributed by atoms with Gasteiger partial charge in [0, 0.05) is 16.1 Å². The SMILES string of the molecule is CC(C)N1C(=O)C2(OCCO2)c2cc(Br)ccc21. The number of halogens is 1. The molecule has 3 rings (SSSR count). The van der Waals surface area contributed by atoms with Crippen LogP contribution in [0.25, 0.3) is 0 Å². The smallest absolute Gasteiger partial charge is 0.292 e. The van der Waals surface area contributed by atoms with Gasteiger partial charge in [0.1, 0.15) is 0 Å². The molecule has 1 aromatic carbocycles. The molecule has 4 nitrogen and oxygen atoms in total. The molecule has 1 saturated heterocycles. The fraction of sp³-hybridized carbons (Fsp3) is 0.462. The van der Waals surface area contributed by atoms with Crippen LogP contribution in [0.4, 0.5) is 5.69 Å². The van der Waals surface area contributed by atoms with Crippen LogP contribution in [-0.4, -0.2) is 25.2 Å². The second kappa shape index (κ2) is 4.05. The number of rotatable bonds is 1. The summed E-state index contributed by atoms with van der Waals surface area (Å²) in [5.74, 6) is -1.34. The summed E-state index contributed by atoms with van der Waals surface area (Å²) in [7, 11) is 0. The number of anilines is 1. The monoisotopic (exact) mass is 311 g/mol. The van der Waals surface area contributed by atoms with E-state index in [1.807, 2.05) is 32.0 Å². The Hall–Kier alpha value is -0.910. The van der Waals surface area contributed by atoms with Crippen molar-refractivity contribution >= 4 is 27.5 Å². The van der Waals surface area contributed by atoms with Gasteiger partial charge >= 0.3 is 0 Å². The minimum absolute atomic E-state index is 0.0737. The first-order valence-electron chi connectivity index (χ1n) is 5.98. The Labute approximate surface area is 114 Å². The number of carbonyl (C=O) groups is 1. The summed E-state index contributed by atoms with van der Waals surface area (Å²) in [6.07, 6.45) is 0. The molecule has 1 aromatic rings. The summed E-state index contributed by atoms with van der Waals surface area (Å²) in [5, 5.41) is 0. The highest BCUT2D eigenvalue weighted by Gasteiger charge is 2.56. The molecule has 0 N–H and O–H groups in total. The van der Waals surface area contributed by atoms with Crippen molar-refractivity contribution in [2.24, 2.45) is 0 Å². The summed E-state index contributed by atoms with van der Waals surface area (Å²) >= 11 is 3.43. The molecule has 2 heterocycles. The molecule has 0 saturated carbocycles. The maximum Gasteiger partial charge on any atom is 0.292 e. The molecule has 96 valence electrons. The van der Waals surface area contributed by atoms with Crippen LogP contribution < -0.4 is 4.90 Å². The third-order valence-corrected chi connectivity index (χ3v) is 3.78. The van der Waals surface area contributed by atoms with Crippen molar-refractivity contribution in [3.05, 3.63) is 28.2 Å². The van der Waals surface area contributed by atoms with Crippen LogP contribution in [0.2, 0.25) is 0 Å². The summed E-state index contributed by atoms with van der Waals surface area (Å²) in [4.78, 5) is 14.3. The van der Waals surface area contributed by atoms with Crippen molar-refractivity contribution in [2.75, 3.05) is 18.1 Å². The van der Waals surface area contributed by atoms with Crippen LogP contribution in [0.1, 0.15) is 19.4 Å². The van der Waals surface area contributed by atoms with E-state index < -0.39 is 5.79 Å². The van der Waals surface area contributed by atoms with Gasteiger partial charge < -0.3 is 14.4 Å². The number of benzene rings is 1. The van der Waals surface area contributed by atoms with Gasteiger partial charge in [-0.15, -0.1) is 0 Å². The lowest BCUT2D eigenvalue weighted by Crippen LogP contribution is -2.44. The van der Waals surface area contributed by atoms with Crippen LogP contribution in [0, 0.1) is 0 Å². The molecule has 5 heteroatoms. The van der Waals surface area contributed by atoms with E-state index in [0.717, 1.165) is 15.7 Å². The van der Waals surface area contributed by atoms with Gasteiger partial charge in [-0.25, -0.2) is 0 Å². The Bertz CT molecular complexity index is 509. The Balaban J connectivity index is 2.21. The summed E-state index contributed by atoms with van der Waals surface area (Å²) in [5.41, 5.74) is 1.67. The number of carbonyl (C=O) groups excluding carboxylic acids is 1. The number of hydrogen-bond acceptors (Lipinski definition) is 3. The highest BCUT2D eigenvalue weighted by molar-refractivity contribution is 9.10. The summed E-state index contributed by atoms with van der Waals surface area (Å²) in [6.45, 7) is 4.86. The molecule has 0 aromatic heterocycles. The van der Waals surface area contributed by atoms with Crippen molar-refractivity contribution in [3.8, 4) is 0 Å². The minimum atomic E-state index is -1.22. The number of nitrogens with zero attached hydrogens (tertiary/aromatic N) is 1. The predicted octanol–water partition coefficient (Wildman–Crippen LogP) is 2.40. The van der Waals surface area contributed by atoms with Gasteiger partial charge in [-0.1, -0.05) is 15.9 Å². The molecular weight excluding hydrogens is 298 g/mol. The first-order valence-corrected chi connectivity index (χ1v) is 6.77. The molecular formula is C13H14BrNO3. The van der Waals surface area contributed by atoms with Crippen LogP contribution in [0.3, 0.4) is 0 Å². The van der Waals surface area contributed by atoms with Crippen molar-refractivity contribution in [2.45, 2.75) is 25.7 Å². The average Bonchev–Trinajstić information content (AvgIpc) is 2.88. The quantitative estimate of drug-likeness (QED) is 0.799. The van der Waals surface area contributed by atoms with Gasteiger partial charge in [0.2, 0.25) is 0 Å². The maximum atomic E-state index is 12.6. The van der Waals surface area contributed by atoms with Crippen molar-refractivity contribution < 1.29 is 14.3 Å². The van der Waals surface area contributed by atoms with Gasteiger partial charge in [0.25, 0.3) is 11.7 Å². The first kappa shape index (κ1) is 12.1. The van der Waals surface area contributed by atoms with Gasteiger partial charge in [0.05, 0.1) is 18.9 Å². The lowest BCUT2D eigenvalue weighted by molar-refractivity contribution is -0.181. The van der Waals surface area contributed by atoms with Gasteiger partial charge in [0.15, 0.2) is 0 Å². The van der Waals surface area contributed by atoms with Crippen LogP contribution >= 0.6 is 15.9 Å². The van der Waals surface area contributed by atoms with Gasteiger partial charge in [-0.05, 0) is 32.0 Å². The fourth-order valence-electron chi connectivity index (χ4n) is 2.57. The Morgan fingerprint density at radius 1 is 1.33 bits per heavy atom. The predicted molar refractivity (Wildman–Crippen MR) is 70.3 cm³/mol. The average molecular weight is 312 g/mol. The van der Waals surface area contributed by atoms with Crippen molar-refractivity contribution in [3.63, 3.8) is 0 Å². The molecule has 2 aliphatic rings. The first-order chi connectivity index (χ1) is 8.56. The summed E-state index contributed by atoms with van der Waals surface area (Å²) in [6, 6.07) is 5.83. The van der Waals surface area contributed by atoms with E-state index in [0.29, 0.717) is 13.2 Å². The van der Waals surface area contributed by atoms with E-state index in [9.17, 15) is 4.79 Å². The van der Waals surface area contributed by atoms with E-state index in [1.165, 1.54) is 0 Å². The van der Waals surface area contributed by atoms with Crippen molar-refractivity contribution in [1.29, 1.82) is 0 Å². The van der Waals surface area contributed by atoms with Crippen LogP contribution in [0.5, 0.6) is 0 Å². The molecule has 0 radical (unpaired) electrons. The lowest BCUT2D eigenvalue weighted by atomic mass is 10.1. The molecule has 1 spiro atoms. The topological polar surface area (TPSA) is 38.8 Å². The number of fused-ring (bicyclic) bond motifs is 2. The summed E-state index contributed by atoms with van der Waals surface area (Å²) < 4.78 is 12.2. The van der Waals surface area contributed by atoms with Gasteiger partial charge in [-0.3, -0.25) is 4.79 Å². The van der Waals surface area contributed by atoms with E-state index in [-0.39, 0.29) is 11.9 Å². The molecule has 0 bridgehead atoms. The third kappa shape index (κ3) is 1.47. The van der Waals surface area contributed by atoms with Crippen LogP contribution in [0.15, 0.2) is 22.7 Å². The Kier molecular flexibility index (Phi) is 2.73. The number of hydrogen-bond donors (Lipinski definition) is 0. The molecule has 2 aliphatic heterocycles. The second-order valence-electron chi connectivity index (χ2n) is 4.74.